The fourth-order valence-electron chi connectivity index (χ4n) is 3.16. The highest BCUT2D eigenvalue weighted by Crippen LogP contribution is 2.25. The van der Waals surface area contributed by atoms with Crippen molar-refractivity contribution in [2.45, 2.75) is 24.3 Å². The first-order chi connectivity index (χ1) is 12.5. The number of halogens is 1. The smallest absolute Gasteiger partial charge is 0.243 e. The van der Waals surface area contributed by atoms with Crippen LogP contribution in [0.1, 0.15) is 18.7 Å². The Hall–Kier alpha value is -1.68. The lowest BCUT2D eigenvalue weighted by Gasteiger charge is -2.31. The number of aryl methyl sites for hydroxylation is 1. The number of aromatic nitrogens is 3. The highest BCUT2D eigenvalue weighted by atomic mass is 35.5. The number of benzene rings is 1. The summed E-state index contributed by atoms with van der Waals surface area (Å²) in [5, 5.41) is 7.12. The topological polar surface area (TPSA) is 89.3 Å². The predicted octanol–water partition coefficient (Wildman–Crippen LogP) is 1.44. The Bertz CT molecular complexity index is 823. The van der Waals surface area contributed by atoms with Crippen LogP contribution in [-0.2, 0) is 23.7 Å². The van der Waals surface area contributed by atoms with Crippen molar-refractivity contribution in [3.05, 3.63) is 36.4 Å². The molecule has 1 aromatic heterocycles. The molecule has 10 heteroatoms. The Morgan fingerprint density at radius 1 is 1.30 bits per heavy atom. The first kappa shape index (κ1) is 21.6. The quantitative estimate of drug-likeness (QED) is 0.735. The van der Waals surface area contributed by atoms with Crippen molar-refractivity contribution in [3.8, 4) is 5.75 Å². The van der Waals surface area contributed by atoms with Gasteiger partial charge in [0, 0.05) is 20.1 Å². The van der Waals surface area contributed by atoms with Crippen molar-refractivity contribution in [1.82, 2.24) is 24.4 Å². The van der Waals surface area contributed by atoms with Crippen molar-refractivity contribution in [2.75, 3.05) is 26.7 Å². The predicted molar refractivity (Wildman–Crippen MR) is 104 cm³/mol. The largest absolute Gasteiger partial charge is 0.486 e. The maximum Gasteiger partial charge on any atom is 0.243 e. The van der Waals surface area contributed by atoms with E-state index in [9.17, 15) is 8.42 Å². The number of piperidine rings is 1. The van der Waals surface area contributed by atoms with Crippen LogP contribution >= 0.6 is 12.4 Å². The van der Waals surface area contributed by atoms with Crippen LogP contribution < -0.4 is 10.1 Å². The second kappa shape index (κ2) is 9.50. The Labute approximate surface area is 166 Å². The summed E-state index contributed by atoms with van der Waals surface area (Å²) in [6, 6.07) is 6.56. The van der Waals surface area contributed by atoms with Gasteiger partial charge in [0.05, 0.1) is 4.90 Å². The van der Waals surface area contributed by atoms with Crippen LogP contribution in [0, 0.1) is 5.92 Å². The number of nitrogens with zero attached hydrogens (tertiary/aromatic N) is 4. The molecule has 2 aromatic rings. The van der Waals surface area contributed by atoms with E-state index in [2.05, 4.69) is 15.4 Å². The van der Waals surface area contributed by atoms with Gasteiger partial charge in [-0.05, 0) is 56.6 Å². The summed E-state index contributed by atoms with van der Waals surface area (Å²) < 4.78 is 34.6. The highest BCUT2D eigenvalue weighted by molar-refractivity contribution is 7.89. The van der Waals surface area contributed by atoms with E-state index in [0.29, 0.717) is 35.5 Å². The first-order valence-corrected chi connectivity index (χ1v) is 10.1. The number of rotatable bonds is 7. The third-order valence-electron chi connectivity index (χ3n) is 4.61. The molecule has 3 rings (SSSR count). The zero-order valence-electron chi connectivity index (χ0n) is 15.5. The van der Waals surface area contributed by atoms with E-state index in [1.54, 1.807) is 40.3 Å². The second-order valence-corrected chi connectivity index (χ2v) is 8.43. The SMILES string of the molecule is CNCC1CCCN(S(=O)(=O)c2ccc(OCc3ncnn3C)cc2)C1.Cl. The third-order valence-corrected chi connectivity index (χ3v) is 6.49. The maximum atomic E-state index is 12.9. The van der Waals surface area contributed by atoms with Crippen molar-refractivity contribution in [2.24, 2.45) is 13.0 Å². The number of sulfonamides is 1. The Morgan fingerprint density at radius 3 is 2.67 bits per heavy atom. The van der Waals surface area contributed by atoms with E-state index in [4.69, 9.17) is 4.74 Å². The molecule has 0 radical (unpaired) electrons. The van der Waals surface area contributed by atoms with E-state index in [0.717, 1.165) is 19.4 Å². The monoisotopic (exact) mass is 415 g/mol. The van der Waals surface area contributed by atoms with Gasteiger partial charge in [0.2, 0.25) is 10.0 Å². The summed E-state index contributed by atoms with van der Waals surface area (Å²) in [5.74, 6) is 1.65. The molecule has 1 fully saturated rings. The van der Waals surface area contributed by atoms with Gasteiger partial charge in [-0.3, -0.25) is 4.68 Å². The fourth-order valence-corrected chi connectivity index (χ4v) is 4.71. The molecule has 0 saturated carbocycles. The molecule has 1 aliphatic rings. The molecule has 150 valence electrons. The van der Waals surface area contributed by atoms with Crippen molar-refractivity contribution >= 4 is 22.4 Å². The minimum absolute atomic E-state index is 0. The standard InChI is InChI=1S/C17H25N5O3S.ClH/c1-18-10-14-4-3-9-22(11-14)26(23,24)16-7-5-15(6-8-16)25-12-17-19-13-20-21(17)2;/h5-8,13-14,18H,3-4,9-12H2,1-2H3;1H. The molecule has 1 saturated heterocycles. The summed E-state index contributed by atoms with van der Waals surface area (Å²) in [6.45, 7) is 2.25. The van der Waals surface area contributed by atoms with E-state index >= 15 is 0 Å². The Balaban J connectivity index is 0.00000261. The lowest BCUT2D eigenvalue weighted by Crippen LogP contribution is -2.42. The van der Waals surface area contributed by atoms with Crippen LogP contribution in [0.2, 0.25) is 0 Å². The molecule has 1 unspecified atom stereocenters. The van der Waals surface area contributed by atoms with Crippen molar-refractivity contribution in [1.29, 1.82) is 0 Å². The van der Waals surface area contributed by atoms with Gasteiger partial charge in [-0.2, -0.15) is 9.40 Å². The molecule has 1 atom stereocenters. The summed E-state index contributed by atoms with van der Waals surface area (Å²) in [5.41, 5.74) is 0. The minimum Gasteiger partial charge on any atom is -0.486 e. The summed E-state index contributed by atoms with van der Waals surface area (Å²) >= 11 is 0. The number of ether oxygens (including phenoxy) is 1. The van der Waals surface area contributed by atoms with Gasteiger partial charge in [0.15, 0.2) is 5.82 Å². The molecular formula is C17H26ClN5O3S. The lowest BCUT2D eigenvalue weighted by molar-refractivity contribution is 0.263. The fraction of sp³-hybridized carbons (Fsp3) is 0.529. The van der Waals surface area contributed by atoms with Gasteiger partial charge < -0.3 is 10.1 Å². The Morgan fingerprint density at radius 2 is 2.04 bits per heavy atom. The van der Waals surface area contributed by atoms with Gasteiger partial charge in [0.1, 0.15) is 18.7 Å². The maximum absolute atomic E-state index is 12.9. The van der Waals surface area contributed by atoms with Gasteiger partial charge in [-0.25, -0.2) is 13.4 Å². The molecule has 0 spiro atoms. The lowest BCUT2D eigenvalue weighted by atomic mass is 10.00. The normalized spacial score (nSPS) is 18.1. The molecule has 2 heterocycles. The van der Waals surface area contributed by atoms with E-state index in [1.165, 1.54) is 6.33 Å². The van der Waals surface area contributed by atoms with E-state index in [1.807, 2.05) is 7.05 Å². The van der Waals surface area contributed by atoms with Gasteiger partial charge in [-0.15, -0.1) is 12.4 Å². The molecular weight excluding hydrogens is 390 g/mol. The highest BCUT2D eigenvalue weighted by Gasteiger charge is 2.29. The molecule has 1 aliphatic heterocycles. The van der Waals surface area contributed by atoms with Crippen LogP contribution in [0.3, 0.4) is 0 Å². The average Bonchev–Trinajstić information content (AvgIpc) is 3.06. The number of nitrogens with one attached hydrogen (secondary N) is 1. The summed E-state index contributed by atoms with van der Waals surface area (Å²) in [6.07, 6.45) is 3.42. The third kappa shape index (κ3) is 5.19. The Kier molecular flexibility index (Phi) is 7.60. The molecule has 0 bridgehead atoms. The molecule has 27 heavy (non-hydrogen) atoms. The van der Waals surface area contributed by atoms with Crippen LogP contribution in [0.25, 0.3) is 0 Å². The first-order valence-electron chi connectivity index (χ1n) is 8.71. The van der Waals surface area contributed by atoms with Gasteiger partial charge >= 0.3 is 0 Å². The molecule has 0 amide bonds. The molecule has 1 N–H and O–H groups in total. The van der Waals surface area contributed by atoms with Crippen molar-refractivity contribution in [3.63, 3.8) is 0 Å². The van der Waals surface area contributed by atoms with Gasteiger partial charge in [0.25, 0.3) is 0 Å². The van der Waals surface area contributed by atoms with E-state index in [-0.39, 0.29) is 19.0 Å². The van der Waals surface area contributed by atoms with Crippen LogP contribution in [0.5, 0.6) is 5.75 Å². The second-order valence-electron chi connectivity index (χ2n) is 6.49. The van der Waals surface area contributed by atoms with Crippen molar-refractivity contribution < 1.29 is 13.2 Å². The molecule has 1 aromatic carbocycles. The average molecular weight is 416 g/mol. The van der Waals surface area contributed by atoms with Crippen LogP contribution in [0.4, 0.5) is 0 Å². The summed E-state index contributed by atoms with van der Waals surface area (Å²) in [7, 11) is 0.218. The van der Waals surface area contributed by atoms with Crippen LogP contribution in [0.15, 0.2) is 35.5 Å². The molecule has 8 nitrogen and oxygen atoms in total. The zero-order chi connectivity index (χ0) is 18.6. The van der Waals surface area contributed by atoms with Gasteiger partial charge in [-0.1, -0.05) is 0 Å². The number of hydrogen-bond acceptors (Lipinski definition) is 6. The number of hydrogen-bond donors (Lipinski definition) is 1. The summed E-state index contributed by atoms with van der Waals surface area (Å²) in [4.78, 5) is 4.39. The van der Waals surface area contributed by atoms with Crippen LogP contribution in [-0.4, -0.2) is 54.2 Å². The minimum atomic E-state index is -3.47. The van der Waals surface area contributed by atoms with E-state index < -0.39 is 10.0 Å². The molecule has 0 aliphatic carbocycles. The zero-order valence-corrected chi connectivity index (χ0v) is 17.2.